The molecule has 3 heterocycles. The van der Waals surface area contributed by atoms with E-state index < -0.39 is 22.0 Å². The predicted molar refractivity (Wildman–Crippen MR) is 142 cm³/mol. The number of rotatable bonds is 6. The van der Waals surface area contributed by atoms with E-state index in [2.05, 4.69) is 15.4 Å². The SMILES string of the molecule is Cc1cc(C(C)Nc2ccc(Cl)nc2C(=O)NS(C)(=O)=O)c2oc(-c3cnn(C)c3C)c(C)c(=O)c2c1. The van der Waals surface area contributed by atoms with E-state index in [1.807, 2.05) is 38.6 Å². The Labute approximate surface area is 218 Å². The van der Waals surface area contributed by atoms with Crippen LogP contribution in [0.3, 0.4) is 0 Å². The van der Waals surface area contributed by atoms with Crippen molar-refractivity contribution < 1.29 is 17.6 Å². The summed E-state index contributed by atoms with van der Waals surface area (Å²) in [7, 11) is -2.01. The number of carbonyl (C=O) groups is 1. The zero-order valence-corrected chi connectivity index (χ0v) is 22.7. The Hall–Kier alpha value is -3.70. The van der Waals surface area contributed by atoms with Crippen molar-refractivity contribution in [3.05, 3.63) is 73.9 Å². The molecule has 194 valence electrons. The van der Waals surface area contributed by atoms with E-state index in [0.717, 1.165) is 17.5 Å². The number of nitrogens with one attached hydrogen (secondary N) is 2. The van der Waals surface area contributed by atoms with Gasteiger partial charge in [-0.05, 0) is 51.5 Å². The number of halogens is 1. The van der Waals surface area contributed by atoms with Crippen LogP contribution in [0.4, 0.5) is 5.69 Å². The molecule has 1 unspecified atom stereocenters. The number of carbonyl (C=O) groups excluding carboxylic acids is 1. The van der Waals surface area contributed by atoms with Gasteiger partial charge in [0.2, 0.25) is 10.0 Å². The first-order valence-corrected chi connectivity index (χ1v) is 13.6. The molecule has 4 rings (SSSR count). The normalized spacial score (nSPS) is 12.5. The molecule has 0 aliphatic carbocycles. The summed E-state index contributed by atoms with van der Waals surface area (Å²) in [5, 5.41) is 7.92. The van der Waals surface area contributed by atoms with Crippen LogP contribution in [0.25, 0.3) is 22.3 Å². The minimum atomic E-state index is -3.82. The van der Waals surface area contributed by atoms with Crippen LogP contribution in [-0.2, 0) is 17.1 Å². The van der Waals surface area contributed by atoms with Gasteiger partial charge in [-0.25, -0.2) is 18.1 Å². The van der Waals surface area contributed by atoms with Crippen LogP contribution in [-0.4, -0.2) is 35.3 Å². The second kappa shape index (κ2) is 9.64. The standard InChI is InChI=1S/C25H26ClN5O5S/c1-12-9-16(14(3)28-19-7-8-20(26)29-21(19)25(33)30-37(6,34)35)24-17(10-12)22(32)13(2)23(36-24)18-11-27-31(5)15(18)4/h7-11,14,28H,1-6H3,(H,30,33). The third-order valence-corrected chi connectivity index (χ3v) is 6.83. The number of fused-ring (bicyclic) bond motifs is 1. The molecule has 0 spiro atoms. The summed E-state index contributed by atoms with van der Waals surface area (Å²) in [6, 6.07) is 6.20. The molecule has 2 N–H and O–H groups in total. The van der Waals surface area contributed by atoms with Gasteiger partial charge in [-0.1, -0.05) is 17.7 Å². The number of aromatic nitrogens is 3. The maximum atomic E-state index is 13.4. The maximum absolute atomic E-state index is 13.4. The number of amides is 1. The van der Waals surface area contributed by atoms with Gasteiger partial charge in [0.15, 0.2) is 11.1 Å². The fourth-order valence-electron chi connectivity index (χ4n) is 4.12. The number of benzene rings is 1. The number of pyridine rings is 1. The van der Waals surface area contributed by atoms with E-state index >= 15 is 0 Å². The van der Waals surface area contributed by atoms with Crippen molar-refractivity contribution >= 4 is 44.2 Å². The molecule has 37 heavy (non-hydrogen) atoms. The highest BCUT2D eigenvalue weighted by atomic mass is 35.5. The lowest BCUT2D eigenvalue weighted by molar-refractivity contribution is 0.0977. The van der Waals surface area contributed by atoms with E-state index in [9.17, 15) is 18.0 Å². The van der Waals surface area contributed by atoms with Crippen LogP contribution in [0.5, 0.6) is 0 Å². The molecule has 0 aliphatic rings. The monoisotopic (exact) mass is 543 g/mol. The van der Waals surface area contributed by atoms with Crippen LogP contribution in [0.2, 0.25) is 5.15 Å². The summed E-state index contributed by atoms with van der Waals surface area (Å²) >= 11 is 5.98. The maximum Gasteiger partial charge on any atom is 0.285 e. The van der Waals surface area contributed by atoms with Crippen molar-refractivity contribution in [2.75, 3.05) is 11.6 Å². The van der Waals surface area contributed by atoms with Crippen LogP contribution in [0.15, 0.2) is 39.7 Å². The second-order valence-electron chi connectivity index (χ2n) is 8.98. The smallest absolute Gasteiger partial charge is 0.285 e. The van der Waals surface area contributed by atoms with Crippen molar-refractivity contribution in [3.63, 3.8) is 0 Å². The number of hydrogen-bond acceptors (Lipinski definition) is 8. The average molecular weight is 544 g/mol. The van der Waals surface area contributed by atoms with Gasteiger partial charge in [-0.3, -0.25) is 14.3 Å². The zero-order chi connectivity index (χ0) is 27.2. The van der Waals surface area contributed by atoms with Crippen LogP contribution in [0, 0.1) is 20.8 Å². The fraction of sp³-hybridized carbons (Fsp3) is 0.280. The summed E-state index contributed by atoms with van der Waals surface area (Å²) < 4.78 is 33.2. The first-order chi connectivity index (χ1) is 17.3. The van der Waals surface area contributed by atoms with Gasteiger partial charge in [-0.2, -0.15) is 5.10 Å². The Kier molecular flexibility index (Phi) is 6.87. The summed E-state index contributed by atoms with van der Waals surface area (Å²) in [6.45, 7) is 7.32. The lowest BCUT2D eigenvalue weighted by atomic mass is 9.99. The Balaban J connectivity index is 1.85. The van der Waals surface area contributed by atoms with Crippen LogP contribution in [0.1, 0.15) is 45.8 Å². The average Bonchev–Trinajstić information content (AvgIpc) is 3.14. The van der Waals surface area contributed by atoms with Crippen LogP contribution >= 0.6 is 11.6 Å². The quantitative estimate of drug-likeness (QED) is 0.348. The Bertz CT molecular complexity index is 1730. The van der Waals surface area contributed by atoms with Gasteiger partial charge in [0.1, 0.15) is 16.5 Å². The Morgan fingerprint density at radius 3 is 2.51 bits per heavy atom. The molecule has 12 heteroatoms. The summed E-state index contributed by atoms with van der Waals surface area (Å²) in [5.41, 5.74) is 3.85. The fourth-order valence-corrected chi connectivity index (χ4v) is 4.70. The van der Waals surface area contributed by atoms with E-state index in [4.69, 9.17) is 16.0 Å². The molecule has 0 radical (unpaired) electrons. The third-order valence-electron chi connectivity index (χ3n) is 6.06. The van der Waals surface area contributed by atoms with Crippen LogP contribution < -0.4 is 15.5 Å². The van der Waals surface area contributed by atoms with Crippen molar-refractivity contribution in [2.24, 2.45) is 7.05 Å². The third kappa shape index (κ3) is 5.23. The lowest BCUT2D eigenvalue weighted by Crippen LogP contribution is -2.31. The molecule has 10 nitrogen and oxygen atoms in total. The number of anilines is 1. The molecule has 0 saturated heterocycles. The molecular weight excluding hydrogens is 518 g/mol. The summed E-state index contributed by atoms with van der Waals surface area (Å²) in [4.78, 5) is 30.0. The summed E-state index contributed by atoms with van der Waals surface area (Å²) in [5.74, 6) is -0.493. The molecule has 0 bridgehead atoms. The molecule has 1 amide bonds. The largest absolute Gasteiger partial charge is 0.455 e. The Morgan fingerprint density at radius 1 is 1.19 bits per heavy atom. The molecule has 0 saturated carbocycles. The van der Waals surface area contributed by atoms with Gasteiger partial charge in [0, 0.05) is 23.9 Å². The number of nitrogens with zero attached hydrogens (tertiary/aromatic N) is 3. The number of aryl methyl sites for hydroxylation is 2. The van der Waals surface area contributed by atoms with E-state index in [1.165, 1.54) is 12.1 Å². The molecular formula is C25H26ClN5O5S. The second-order valence-corrected chi connectivity index (χ2v) is 11.1. The number of hydrogen-bond donors (Lipinski definition) is 2. The topological polar surface area (TPSA) is 136 Å². The van der Waals surface area contributed by atoms with Crippen molar-refractivity contribution in [2.45, 2.75) is 33.7 Å². The Morgan fingerprint density at radius 2 is 1.89 bits per heavy atom. The van der Waals surface area contributed by atoms with Crippen molar-refractivity contribution in [1.29, 1.82) is 0 Å². The van der Waals surface area contributed by atoms with E-state index in [1.54, 1.807) is 23.9 Å². The van der Waals surface area contributed by atoms with Gasteiger partial charge in [-0.15, -0.1) is 0 Å². The zero-order valence-electron chi connectivity index (χ0n) is 21.1. The number of sulfonamides is 1. The van der Waals surface area contributed by atoms with Gasteiger partial charge in [0.05, 0.1) is 35.1 Å². The van der Waals surface area contributed by atoms with Crippen molar-refractivity contribution in [3.8, 4) is 11.3 Å². The molecule has 0 fully saturated rings. The van der Waals surface area contributed by atoms with Gasteiger partial charge in [0.25, 0.3) is 5.91 Å². The highest BCUT2D eigenvalue weighted by Crippen LogP contribution is 2.33. The lowest BCUT2D eigenvalue weighted by Gasteiger charge is -2.20. The molecule has 0 aliphatic heterocycles. The van der Waals surface area contributed by atoms with Gasteiger partial charge < -0.3 is 9.73 Å². The molecule has 1 atom stereocenters. The molecule has 3 aromatic heterocycles. The van der Waals surface area contributed by atoms with E-state index in [-0.39, 0.29) is 22.0 Å². The highest BCUT2D eigenvalue weighted by Gasteiger charge is 2.23. The highest BCUT2D eigenvalue weighted by molar-refractivity contribution is 7.89. The minimum absolute atomic E-state index is 0.0239. The first-order valence-electron chi connectivity index (χ1n) is 11.3. The molecule has 4 aromatic rings. The van der Waals surface area contributed by atoms with Gasteiger partial charge >= 0.3 is 0 Å². The van der Waals surface area contributed by atoms with E-state index in [0.29, 0.717) is 33.4 Å². The minimum Gasteiger partial charge on any atom is -0.455 e. The summed E-state index contributed by atoms with van der Waals surface area (Å²) in [6.07, 6.45) is 2.53. The van der Waals surface area contributed by atoms with Crippen molar-refractivity contribution in [1.82, 2.24) is 19.5 Å². The first kappa shape index (κ1) is 26.4. The predicted octanol–water partition coefficient (Wildman–Crippen LogP) is 4.03. The molecule has 1 aromatic carbocycles.